The molecule has 4 nitrogen and oxygen atoms in total. The number of aromatic nitrogens is 4. The number of aryl methyl sites for hydroxylation is 1. The Labute approximate surface area is 69.7 Å². The summed E-state index contributed by atoms with van der Waals surface area (Å²) in [6.07, 6.45) is 4.85. The molecule has 12 heavy (non-hydrogen) atoms. The summed E-state index contributed by atoms with van der Waals surface area (Å²) in [6.45, 7) is 2.01. The molecule has 2 rings (SSSR count). The topological polar surface area (TPSA) is 54.5 Å². The summed E-state index contributed by atoms with van der Waals surface area (Å²) in [5.74, 6) is 0.688. The molecule has 0 spiro atoms. The van der Waals surface area contributed by atoms with Crippen molar-refractivity contribution in [2.24, 2.45) is 0 Å². The van der Waals surface area contributed by atoms with Gasteiger partial charge in [0.05, 0.1) is 5.69 Å². The summed E-state index contributed by atoms with van der Waals surface area (Å²) >= 11 is 0. The highest BCUT2D eigenvalue weighted by Gasteiger charge is 2.03. The Morgan fingerprint density at radius 3 is 2.58 bits per heavy atom. The van der Waals surface area contributed by atoms with Gasteiger partial charge in [0.2, 0.25) is 0 Å². The van der Waals surface area contributed by atoms with E-state index in [1.54, 1.807) is 0 Å². The van der Waals surface area contributed by atoms with Gasteiger partial charge in [0.15, 0.2) is 5.82 Å². The second kappa shape index (κ2) is 2.73. The zero-order chi connectivity index (χ0) is 8.39. The highest BCUT2D eigenvalue weighted by molar-refractivity contribution is 5.53. The van der Waals surface area contributed by atoms with E-state index in [2.05, 4.69) is 19.9 Å². The lowest BCUT2D eigenvalue weighted by Gasteiger charge is -1.95. The van der Waals surface area contributed by atoms with Gasteiger partial charge in [-0.2, -0.15) is 0 Å². The van der Waals surface area contributed by atoms with Gasteiger partial charge < -0.3 is 4.98 Å². The number of H-pyrrole nitrogens is 1. The van der Waals surface area contributed by atoms with Gasteiger partial charge in [-0.3, -0.25) is 0 Å². The van der Waals surface area contributed by atoms with E-state index in [4.69, 9.17) is 0 Å². The minimum Gasteiger partial charge on any atom is -0.358 e. The second-order valence-electron chi connectivity index (χ2n) is 2.50. The van der Waals surface area contributed by atoms with Crippen LogP contribution in [0.3, 0.4) is 0 Å². The van der Waals surface area contributed by atoms with Crippen LogP contribution in [0.25, 0.3) is 11.5 Å². The number of hydrogen-bond donors (Lipinski definition) is 1. The van der Waals surface area contributed by atoms with Crippen molar-refractivity contribution < 1.29 is 0 Å². The molecule has 2 heterocycles. The maximum atomic E-state index is 4.03. The molecule has 0 aliphatic rings. The second-order valence-corrected chi connectivity index (χ2v) is 2.50. The lowest BCUT2D eigenvalue weighted by Crippen LogP contribution is -1.90. The van der Waals surface area contributed by atoms with Crippen LogP contribution in [0.15, 0.2) is 24.9 Å². The van der Waals surface area contributed by atoms with Crippen LogP contribution in [-0.4, -0.2) is 19.9 Å². The average Bonchev–Trinajstić information content (AvgIpc) is 2.53. The van der Waals surface area contributed by atoms with E-state index in [9.17, 15) is 0 Å². The quantitative estimate of drug-likeness (QED) is 0.681. The summed E-state index contributed by atoms with van der Waals surface area (Å²) in [5.41, 5.74) is 2.10. The van der Waals surface area contributed by atoms with Crippen molar-refractivity contribution in [3.8, 4) is 11.5 Å². The van der Waals surface area contributed by atoms with Gasteiger partial charge >= 0.3 is 0 Å². The molecule has 2 aromatic heterocycles. The largest absolute Gasteiger partial charge is 0.358 e. The van der Waals surface area contributed by atoms with Crippen LogP contribution in [0, 0.1) is 6.92 Å². The Morgan fingerprint density at radius 2 is 2.00 bits per heavy atom. The molecule has 4 heteroatoms. The summed E-state index contributed by atoms with van der Waals surface area (Å²) in [4.78, 5) is 14.9. The van der Waals surface area contributed by atoms with Crippen LogP contribution in [0.5, 0.6) is 0 Å². The Kier molecular flexibility index (Phi) is 1.59. The first-order valence-electron chi connectivity index (χ1n) is 3.64. The lowest BCUT2D eigenvalue weighted by atomic mass is 10.2. The molecule has 60 valence electrons. The summed E-state index contributed by atoms with van der Waals surface area (Å²) in [5, 5.41) is 0. The molecule has 0 fully saturated rings. The molecule has 0 unspecified atom stereocenters. The lowest BCUT2D eigenvalue weighted by molar-refractivity contribution is 1.04. The molecule has 0 aliphatic carbocycles. The summed E-state index contributed by atoms with van der Waals surface area (Å²) in [7, 11) is 0. The number of hydrogen-bond acceptors (Lipinski definition) is 3. The molecule has 0 saturated carbocycles. The van der Waals surface area contributed by atoms with E-state index in [1.807, 2.05) is 19.2 Å². The van der Waals surface area contributed by atoms with Crippen LogP contribution < -0.4 is 0 Å². The molecular weight excluding hydrogens is 152 g/mol. The van der Waals surface area contributed by atoms with Gasteiger partial charge in [-0.05, 0) is 18.6 Å². The van der Waals surface area contributed by atoms with Crippen LogP contribution in [0.2, 0.25) is 0 Å². The van der Waals surface area contributed by atoms with Crippen molar-refractivity contribution in [1.82, 2.24) is 19.9 Å². The highest BCUT2D eigenvalue weighted by Crippen LogP contribution is 2.14. The first kappa shape index (κ1) is 6.97. The van der Waals surface area contributed by atoms with Crippen LogP contribution >= 0.6 is 0 Å². The van der Waals surface area contributed by atoms with E-state index < -0.39 is 0 Å². The standard InChI is InChI=1S/C8H8N4/c1-6-2-3-10-7(6)8-11-4-9-5-12-8/h2-5,10H,1H3. The van der Waals surface area contributed by atoms with E-state index in [0.29, 0.717) is 5.82 Å². The first-order valence-corrected chi connectivity index (χ1v) is 3.64. The Hall–Kier alpha value is -1.71. The van der Waals surface area contributed by atoms with Gasteiger partial charge in [0.25, 0.3) is 0 Å². The minimum atomic E-state index is 0.688. The Morgan fingerprint density at radius 1 is 1.25 bits per heavy atom. The fraction of sp³-hybridized carbons (Fsp3) is 0.125. The molecular formula is C8H8N4. The molecule has 2 aromatic rings. The van der Waals surface area contributed by atoms with Crippen molar-refractivity contribution in [3.63, 3.8) is 0 Å². The first-order chi connectivity index (χ1) is 5.88. The number of aromatic amines is 1. The smallest absolute Gasteiger partial charge is 0.179 e. The summed E-state index contributed by atoms with van der Waals surface area (Å²) in [6, 6.07) is 1.99. The van der Waals surface area contributed by atoms with Crippen molar-refractivity contribution >= 4 is 0 Å². The van der Waals surface area contributed by atoms with Crippen LogP contribution in [-0.2, 0) is 0 Å². The van der Waals surface area contributed by atoms with Crippen molar-refractivity contribution in [1.29, 1.82) is 0 Å². The maximum Gasteiger partial charge on any atom is 0.179 e. The molecule has 1 N–H and O–H groups in total. The van der Waals surface area contributed by atoms with Gasteiger partial charge in [0.1, 0.15) is 12.7 Å². The third-order valence-electron chi connectivity index (χ3n) is 1.67. The third-order valence-corrected chi connectivity index (χ3v) is 1.67. The zero-order valence-corrected chi connectivity index (χ0v) is 6.65. The molecule has 0 bridgehead atoms. The van der Waals surface area contributed by atoms with E-state index in [-0.39, 0.29) is 0 Å². The van der Waals surface area contributed by atoms with Gasteiger partial charge in [-0.1, -0.05) is 0 Å². The minimum absolute atomic E-state index is 0.688. The monoisotopic (exact) mass is 160 g/mol. The Balaban J connectivity index is 2.51. The zero-order valence-electron chi connectivity index (χ0n) is 6.65. The fourth-order valence-corrected chi connectivity index (χ4v) is 1.06. The van der Waals surface area contributed by atoms with Gasteiger partial charge in [-0.15, -0.1) is 0 Å². The molecule has 0 aromatic carbocycles. The number of nitrogens with zero attached hydrogens (tertiary/aromatic N) is 3. The molecule has 0 aliphatic heterocycles. The van der Waals surface area contributed by atoms with Crippen LogP contribution in [0.1, 0.15) is 5.56 Å². The van der Waals surface area contributed by atoms with Crippen molar-refractivity contribution in [2.45, 2.75) is 6.92 Å². The third kappa shape index (κ3) is 1.07. The summed E-state index contributed by atoms with van der Waals surface area (Å²) < 4.78 is 0. The predicted octanol–water partition coefficient (Wildman–Crippen LogP) is 1.18. The Bertz CT molecular complexity index is 366. The SMILES string of the molecule is Cc1cc[nH]c1-c1ncncn1. The average molecular weight is 160 g/mol. The molecule has 0 amide bonds. The van der Waals surface area contributed by atoms with Gasteiger partial charge in [0, 0.05) is 6.20 Å². The van der Waals surface area contributed by atoms with Gasteiger partial charge in [-0.25, -0.2) is 15.0 Å². The predicted molar refractivity (Wildman–Crippen MR) is 44.4 cm³/mol. The normalized spacial score (nSPS) is 10.1. The molecule has 0 saturated heterocycles. The van der Waals surface area contributed by atoms with Crippen molar-refractivity contribution in [2.75, 3.05) is 0 Å². The van der Waals surface area contributed by atoms with E-state index in [0.717, 1.165) is 11.3 Å². The highest BCUT2D eigenvalue weighted by atomic mass is 15.0. The van der Waals surface area contributed by atoms with E-state index >= 15 is 0 Å². The fourth-order valence-electron chi connectivity index (χ4n) is 1.06. The maximum absolute atomic E-state index is 4.03. The van der Waals surface area contributed by atoms with E-state index in [1.165, 1.54) is 12.7 Å². The van der Waals surface area contributed by atoms with Crippen LogP contribution in [0.4, 0.5) is 0 Å². The van der Waals surface area contributed by atoms with Crippen molar-refractivity contribution in [3.05, 3.63) is 30.5 Å². The molecule has 0 atom stereocenters. The number of rotatable bonds is 1. The molecule has 0 radical (unpaired) electrons. The number of nitrogens with one attached hydrogen (secondary N) is 1.